The molecular formula is C18H26N6O3. The molecular weight excluding hydrogens is 348 g/mol. The molecule has 9 heteroatoms. The van der Waals surface area contributed by atoms with Gasteiger partial charge >= 0.3 is 5.69 Å². The Morgan fingerprint density at radius 1 is 1.11 bits per heavy atom. The predicted octanol–water partition coefficient (Wildman–Crippen LogP) is 0.189. The van der Waals surface area contributed by atoms with Gasteiger partial charge in [0.1, 0.15) is 0 Å². The standard InChI is InChI=1S/C18H26N6O3/c1-4-8-23-9-5-6-18(15(23)26)7-10-24(11-18)16-19-13-12(21(16)2)14(25)20-17(27)22(13)3/h4-11H2,1-3H3,(H,20,25,27). The monoisotopic (exact) mass is 374 g/mol. The summed E-state index contributed by atoms with van der Waals surface area (Å²) in [5, 5.41) is 0. The molecule has 1 spiro atoms. The summed E-state index contributed by atoms with van der Waals surface area (Å²) in [7, 11) is 3.37. The highest BCUT2D eigenvalue weighted by Crippen LogP contribution is 2.41. The number of imidazole rings is 1. The SMILES string of the molecule is CCCN1CCCC2(CCN(c3nc4c(c(=O)[nH]c(=O)n4C)n3C)C2)C1=O. The Hall–Kier alpha value is -2.58. The number of aromatic amines is 1. The number of hydrogen-bond donors (Lipinski definition) is 1. The van der Waals surface area contributed by atoms with Crippen molar-refractivity contribution in [2.24, 2.45) is 19.5 Å². The van der Waals surface area contributed by atoms with Gasteiger partial charge in [-0.2, -0.15) is 4.98 Å². The van der Waals surface area contributed by atoms with Crippen molar-refractivity contribution in [3.05, 3.63) is 20.8 Å². The van der Waals surface area contributed by atoms with Gasteiger partial charge in [-0.3, -0.25) is 19.1 Å². The number of piperidine rings is 1. The summed E-state index contributed by atoms with van der Waals surface area (Å²) in [6.45, 7) is 5.07. The van der Waals surface area contributed by atoms with Gasteiger partial charge in [0.15, 0.2) is 11.2 Å². The summed E-state index contributed by atoms with van der Waals surface area (Å²) in [5.74, 6) is 0.885. The smallest absolute Gasteiger partial charge is 0.329 e. The van der Waals surface area contributed by atoms with E-state index in [0.717, 1.165) is 38.8 Å². The Bertz CT molecular complexity index is 1020. The number of H-pyrrole nitrogens is 1. The van der Waals surface area contributed by atoms with Gasteiger partial charge in [-0.1, -0.05) is 6.92 Å². The molecule has 2 aromatic heterocycles. The Labute approximate surface area is 156 Å². The van der Waals surface area contributed by atoms with Crippen molar-refractivity contribution in [1.82, 2.24) is 24.0 Å². The third-order valence-electron chi connectivity index (χ3n) is 6.07. The van der Waals surface area contributed by atoms with E-state index in [0.29, 0.717) is 30.2 Å². The normalized spacial score (nSPS) is 23.1. The minimum Gasteiger partial charge on any atom is -0.342 e. The molecule has 1 N–H and O–H groups in total. The quantitative estimate of drug-likeness (QED) is 0.827. The average Bonchev–Trinajstić information content (AvgIpc) is 3.20. The number of carbonyl (C=O) groups is 1. The molecule has 0 aromatic carbocycles. The number of carbonyl (C=O) groups excluding carboxylic acids is 1. The van der Waals surface area contributed by atoms with Gasteiger partial charge in [-0.05, 0) is 25.7 Å². The number of likely N-dealkylation sites (tertiary alicyclic amines) is 1. The second kappa shape index (κ2) is 6.24. The van der Waals surface area contributed by atoms with Crippen LogP contribution in [0.15, 0.2) is 9.59 Å². The van der Waals surface area contributed by atoms with E-state index in [2.05, 4.69) is 21.8 Å². The molecule has 0 radical (unpaired) electrons. The lowest BCUT2D eigenvalue weighted by Crippen LogP contribution is -2.50. The second-order valence-corrected chi connectivity index (χ2v) is 7.81. The highest BCUT2D eigenvalue weighted by Gasteiger charge is 2.49. The van der Waals surface area contributed by atoms with Crippen LogP contribution >= 0.6 is 0 Å². The Balaban J connectivity index is 1.70. The fourth-order valence-electron chi connectivity index (χ4n) is 4.64. The van der Waals surface area contributed by atoms with Crippen molar-refractivity contribution in [1.29, 1.82) is 0 Å². The van der Waals surface area contributed by atoms with E-state index in [1.165, 1.54) is 4.57 Å². The van der Waals surface area contributed by atoms with Gasteiger partial charge in [-0.25, -0.2) is 4.79 Å². The van der Waals surface area contributed by atoms with Crippen LogP contribution in [0.5, 0.6) is 0 Å². The van der Waals surface area contributed by atoms with Gasteiger partial charge in [0, 0.05) is 40.3 Å². The lowest BCUT2D eigenvalue weighted by atomic mass is 9.78. The number of anilines is 1. The minimum atomic E-state index is -0.479. The van der Waals surface area contributed by atoms with Gasteiger partial charge in [0.2, 0.25) is 11.9 Å². The first kappa shape index (κ1) is 17.8. The maximum atomic E-state index is 13.1. The third kappa shape index (κ3) is 2.59. The molecule has 0 aliphatic carbocycles. The Morgan fingerprint density at radius 3 is 2.63 bits per heavy atom. The molecule has 2 aliphatic heterocycles. The molecule has 2 aromatic rings. The van der Waals surface area contributed by atoms with Gasteiger partial charge in [0.05, 0.1) is 5.41 Å². The molecule has 2 aliphatic rings. The Morgan fingerprint density at radius 2 is 1.89 bits per heavy atom. The van der Waals surface area contributed by atoms with Crippen molar-refractivity contribution in [3.8, 4) is 0 Å². The van der Waals surface area contributed by atoms with Crippen molar-refractivity contribution in [3.63, 3.8) is 0 Å². The highest BCUT2D eigenvalue weighted by molar-refractivity contribution is 5.85. The first-order valence-electron chi connectivity index (χ1n) is 9.58. The van der Waals surface area contributed by atoms with Crippen LogP contribution in [0.3, 0.4) is 0 Å². The Kier molecular flexibility index (Phi) is 4.12. The molecule has 1 atom stereocenters. The summed E-state index contributed by atoms with van der Waals surface area (Å²) >= 11 is 0. The number of hydrogen-bond acceptors (Lipinski definition) is 5. The largest absolute Gasteiger partial charge is 0.342 e. The molecule has 1 unspecified atom stereocenters. The predicted molar refractivity (Wildman–Crippen MR) is 102 cm³/mol. The van der Waals surface area contributed by atoms with Crippen LogP contribution in [0.25, 0.3) is 11.2 Å². The van der Waals surface area contributed by atoms with Crippen LogP contribution in [0, 0.1) is 5.41 Å². The van der Waals surface area contributed by atoms with Crippen LogP contribution in [-0.4, -0.2) is 56.1 Å². The molecule has 27 heavy (non-hydrogen) atoms. The topological polar surface area (TPSA) is 96.2 Å². The molecule has 4 rings (SSSR count). The van der Waals surface area contributed by atoms with Crippen LogP contribution < -0.4 is 16.1 Å². The van der Waals surface area contributed by atoms with E-state index in [-0.39, 0.29) is 11.3 Å². The van der Waals surface area contributed by atoms with Crippen LogP contribution in [0.4, 0.5) is 5.95 Å². The first-order valence-corrected chi connectivity index (χ1v) is 9.58. The zero-order chi connectivity index (χ0) is 19.3. The highest BCUT2D eigenvalue weighted by atomic mass is 16.2. The summed E-state index contributed by atoms with van der Waals surface area (Å²) in [4.78, 5) is 48.2. The molecule has 9 nitrogen and oxygen atoms in total. The van der Waals surface area contributed by atoms with Crippen LogP contribution in [0.2, 0.25) is 0 Å². The average molecular weight is 374 g/mol. The summed E-state index contributed by atoms with van der Waals surface area (Å²) in [5.41, 5.74) is -0.539. The molecule has 1 amide bonds. The number of aromatic nitrogens is 4. The van der Waals surface area contributed by atoms with E-state index in [1.807, 2.05) is 4.90 Å². The van der Waals surface area contributed by atoms with E-state index in [1.54, 1.807) is 18.7 Å². The third-order valence-corrected chi connectivity index (χ3v) is 6.07. The number of nitrogens with one attached hydrogen (secondary N) is 1. The summed E-state index contributed by atoms with van der Waals surface area (Å²) in [6.07, 6.45) is 3.68. The number of aryl methyl sites for hydroxylation is 2. The van der Waals surface area contributed by atoms with E-state index >= 15 is 0 Å². The summed E-state index contributed by atoms with van der Waals surface area (Å²) in [6, 6.07) is 0. The molecule has 2 fully saturated rings. The summed E-state index contributed by atoms with van der Waals surface area (Å²) < 4.78 is 3.07. The van der Waals surface area contributed by atoms with E-state index < -0.39 is 11.2 Å². The molecule has 4 heterocycles. The lowest BCUT2D eigenvalue weighted by Gasteiger charge is -2.39. The van der Waals surface area contributed by atoms with Crippen molar-refractivity contribution in [2.75, 3.05) is 31.1 Å². The maximum Gasteiger partial charge on any atom is 0.329 e. The zero-order valence-corrected chi connectivity index (χ0v) is 16.1. The van der Waals surface area contributed by atoms with E-state index in [9.17, 15) is 14.4 Å². The number of rotatable bonds is 3. The molecule has 0 bridgehead atoms. The van der Waals surface area contributed by atoms with Crippen molar-refractivity contribution in [2.45, 2.75) is 32.6 Å². The van der Waals surface area contributed by atoms with Crippen LogP contribution in [0.1, 0.15) is 32.6 Å². The van der Waals surface area contributed by atoms with Crippen molar-refractivity contribution >= 4 is 23.0 Å². The first-order chi connectivity index (χ1) is 12.9. The molecule has 0 saturated carbocycles. The van der Waals surface area contributed by atoms with Crippen LogP contribution in [-0.2, 0) is 18.9 Å². The fraction of sp³-hybridized carbons (Fsp3) is 0.667. The second-order valence-electron chi connectivity index (χ2n) is 7.81. The number of amides is 1. The minimum absolute atomic E-state index is 0.252. The lowest BCUT2D eigenvalue weighted by molar-refractivity contribution is -0.145. The van der Waals surface area contributed by atoms with Gasteiger partial charge in [0.25, 0.3) is 5.56 Å². The van der Waals surface area contributed by atoms with E-state index in [4.69, 9.17) is 0 Å². The van der Waals surface area contributed by atoms with Crippen molar-refractivity contribution < 1.29 is 4.79 Å². The number of nitrogens with zero attached hydrogens (tertiary/aromatic N) is 5. The maximum absolute atomic E-state index is 13.1. The molecule has 2 saturated heterocycles. The number of fused-ring (bicyclic) bond motifs is 1. The fourth-order valence-corrected chi connectivity index (χ4v) is 4.64. The van der Waals surface area contributed by atoms with Gasteiger partial charge in [-0.15, -0.1) is 0 Å². The van der Waals surface area contributed by atoms with Gasteiger partial charge < -0.3 is 14.4 Å². The molecule has 146 valence electrons. The zero-order valence-electron chi connectivity index (χ0n) is 16.1.